The first-order chi connectivity index (χ1) is 9.49. The van der Waals surface area contributed by atoms with Crippen molar-refractivity contribution in [3.63, 3.8) is 0 Å². The van der Waals surface area contributed by atoms with Gasteiger partial charge in [0.2, 0.25) is 0 Å². The number of nitrogens with one attached hydrogen (secondary N) is 1. The summed E-state index contributed by atoms with van der Waals surface area (Å²) in [7, 11) is 1.67. The van der Waals surface area contributed by atoms with Crippen molar-refractivity contribution in [2.24, 2.45) is 0 Å². The lowest BCUT2D eigenvalue weighted by atomic mass is 10.1. The maximum absolute atomic E-state index is 5.27. The zero-order chi connectivity index (χ0) is 14.7. The molecule has 0 spiro atoms. The van der Waals surface area contributed by atoms with E-state index in [1.807, 2.05) is 19.1 Å². The summed E-state index contributed by atoms with van der Waals surface area (Å²) in [6.07, 6.45) is 0. The van der Waals surface area contributed by atoms with Gasteiger partial charge in [-0.2, -0.15) is 0 Å². The molecule has 0 aliphatic heterocycles. The molecule has 3 nitrogen and oxygen atoms in total. The highest BCUT2D eigenvalue weighted by Gasteiger charge is 2.06. The maximum atomic E-state index is 5.27. The Morgan fingerprint density at radius 2 is 1.90 bits per heavy atom. The third-order valence-corrected chi connectivity index (χ3v) is 3.72. The normalized spacial score (nSPS) is 10.4. The molecule has 0 fully saturated rings. The molecule has 0 saturated heterocycles. The van der Waals surface area contributed by atoms with Crippen LogP contribution in [0.3, 0.4) is 0 Å². The molecule has 0 amide bonds. The van der Waals surface area contributed by atoms with Crippen LogP contribution in [0, 0.1) is 20.8 Å². The lowest BCUT2D eigenvalue weighted by molar-refractivity contribution is 0.413. The Labute approximate surface area is 128 Å². The minimum absolute atomic E-state index is 0.667. The number of nitrogens with zero attached hydrogens (tertiary/aromatic N) is 1. The number of pyridine rings is 1. The number of hydrogen-bond acceptors (Lipinski definition) is 3. The first kappa shape index (κ1) is 14.9. The van der Waals surface area contributed by atoms with Gasteiger partial charge in [0.05, 0.1) is 25.0 Å². The fraction of sp³-hybridized carbons (Fsp3) is 0.312. The SMILES string of the molecule is COc1cc(C)nc(CNc2c(C)cc(C)cc2Br)c1. The van der Waals surface area contributed by atoms with Gasteiger partial charge < -0.3 is 10.1 Å². The van der Waals surface area contributed by atoms with Gasteiger partial charge in [-0.05, 0) is 53.9 Å². The summed E-state index contributed by atoms with van der Waals surface area (Å²) in [5.41, 5.74) is 5.50. The van der Waals surface area contributed by atoms with Crippen LogP contribution in [0.25, 0.3) is 0 Å². The minimum Gasteiger partial charge on any atom is -0.497 e. The standard InChI is InChI=1S/C16H19BrN2O/c1-10-5-11(2)16(15(17)6-10)18-9-13-8-14(20-4)7-12(3)19-13/h5-8,18H,9H2,1-4H3. The highest BCUT2D eigenvalue weighted by molar-refractivity contribution is 9.10. The summed E-state index contributed by atoms with van der Waals surface area (Å²) in [4.78, 5) is 4.52. The number of benzene rings is 1. The smallest absolute Gasteiger partial charge is 0.122 e. The molecule has 0 radical (unpaired) electrons. The minimum atomic E-state index is 0.667. The van der Waals surface area contributed by atoms with Crippen LogP contribution < -0.4 is 10.1 Å². The number of aryl methyl sites for hydroxylation is 3. The number of methoxy groups -OCH3 is 1. The van der Waals surface area contributed by atoms with Crippen LogP contribution in [0.5, 0.6) is 5.75 Å². The van der Waals surface area contributed by atoms with Gasteiger partial charge in [0, 0.05) is 22.3 Å². The quantitative estimate of drug-likeness (QED) is 0.900. The van der Waals surface area contributed by atoms with Gasteiger partial charge in [0.1, 0.15) is 5.75 Å². The number of halogens is 1. The first-order valence-corrected chi connectivity index (χ1v) is 7.31. The average Bonchev–Trinajstić information content (AvgIpc) is 2.36. The molecule has 0 unspecified atom stereocenters. The molecule has 106 valence electrons. The van der Waals surface area contributed by atoms with Gasteiger partial charge in [-0.15, -0.1) is 0 Å². The Balaban J connectivity index is 2.19. The third kappa shape index (κ3) is 3.51. The molecule has 2 aromatic rings. The first-order valence-electron chi connectivity index (χ1n) is 6.52. The van der Waals surface area contributed by atoms with E-state index >= 15 is 0 Å². The van der Waals surface area contributed by atoms with Crippen molar-refractivity contribution in [1.82, 2.24) is 4.98 Å². The Morgan fingerprint density at radius 3 is 2.55 bits per heavy atom. The lowest BCUT2D eigenvalue weighted by Gasteiger charge is -2.13. The second-order valence-corrected chi connectivity index (χ2v) is 5.79. The molecule has 2 rings (SSSR count). The number of hydrogen-bond donors (Lipinski definition) is 1. The van der Waals surface area contributed by atoms with Crippen molar-refractivity contribution in [2.45, 2.75) is 27.3 Å². The second kappa shape index (κ2) is 6.27. The zero-order valence-electron chi connectivity index (χ0n) is 12.2. The van der Waals surface area contributed by atoms with Crippen LogP contribution in [0.2, 0.25) is 0 Å². The van der Waals surface area contributed by atoms with E-state index in [1.54, 1.807) is 7.11 Å². The molecule has 20 heavy (non-hydrogen) atoms. The molecule has 0 saturated carbocycles. The van der Waals surface area contributed by atoms with Crippen molar-refractivity contribution in [3.05, 3.63) is 51.3 Å². The van der Waals surface area contributed by atoms with Crippen LogP contribution in [-0.2, 0) is 6.54 Å². The molecular weight excluding hydrogens is 316 g/mol. The van der Waals surface area contributed by atoms with Crippen molar-refractivity contribution in [3.8, 4) is 5.75 Å². The molecule has 0 aliphatic rings. The number of aromatic nitrogens is 1. The molecule has 1 heterocycles. The van der Waals surface area contributed by atoms with Gasteiger partial charge in [-0.25, -0.2) is 0 Å². The summed E-state index contributed by atoms with van der Waals surface area (Å²) < 4.78 is 6.35. The summed E-state index contributed by atoms with van der Waals surface area (Å²) in [5, 5.41) is 3.44. The number of ether oxygens (including phenoxy) is 1. The summed E-state index contributed by atoms with van der Waals surface area (Å²) in [6.45, 7) is 6.83. The monoisotopic (exact) mass is 334 g/mol. The van der Waals surface area contributed by atoms with E-state index in [4.69, 9.17) is 4.74 Å². The van der Waals surface area contributed by atoms with E-state index < -0.39 is 0 Å². The van der Waals surface area contributed by atoms with Crippen molar-refractivity contribution in [1.29, 1.82) is 0 Å². The highest BCUT2D eigenvalue weighted by Crippen LogP contribution is 2.28. The van der Waals surface area contributed by atoms with Crippen LogP contribution >= 0.6 is 15.9 Å². The lowest BCUT2D eigenvalue weighted by Crippen LogP contribution is -2.05. The summed E-state index contributed by atoms with van der Waals surface area (Å²) >= 11 is 3.61. The Hall–Kier alpha value is -1.55. The molecule has 1 aromatic heterocycles. The number of anilines is 1. The predicted molar refractivity (Wildman–Crippen MR) is 86.5 cm³/mol. The molecule has 1 aromatic carbocycles. The fourth-order valence-corrected chi connectivity index (χ4v) is 3.04. The molecule has 0 bridgehead atoms. The average molecular weight is 335 g/mol. The van der Waals surface area contributed by atoms with Gasteiger partial charge in [-0.3, -0.25) is 4.98 Å². The predicted octanol–water partition coefficient (Wildman–Crippen LogP) is 4.39. The molecular formula is C16H19BrN2O. The topological polar surface area (TPSA) is 34.1 Å². The van der Waals surface area contributed by atoms with E-state index in [1.165, 1.54) is 11.1 Å². The third-order valence-electron chi connectivity index (χ3n) is 3.09. The van der Waals surface area contributed by atoms with Gasteiger partial charge in [0.15, 0.2) is 0 Å². The van der Waals surface area contributed by atoms with Crippen molar-refractivity contribution < 1.29 is 4.74 Å². The van der Waals surface area contributed by atoms with Crippen LogP contribution in [0.1, 0.15) is 22.5 Å². The van der Waals surface area contributed by atoms with Crippen LogP contribution in [-0.4, -0.2) is 12.1 Å². The zero-order valence-corrected chi connectivity index (χ0v) is 13.8. The van der Waals surface area contributed by atoms with Crippen molar-refractivity contribution >= 4 is 21.6 Å². The number of rotatable bonds is 4. The van der Waals surface area contributed by atoms with E-state index in [0.29, 0.717) is 6.54 Å². The Morgan fingerprint density at radius 1 is 1.15 bits per heavy atom. The molecule has 4 heteroatoms. The highest BCUT2D eigenvalue weighted by atomic mass is 79.9. The molecule has 0 aliphatic carbocycles. The van der Waals surface area contributed by atoms with E-state index in [9.17, 15) is 0 Å². The van der Waals surface area contributed by atoms with Gasteiger partial charge >= 0.3 is 0 Å². The fourth-order valence-electron chi connectivity index (χ4n) is 2.23. The Kier molecular flexibility index (Phi) is 4.65. The van der Waals surface area contributed by atoms with Gasteiger partial charge in [-0.1, -0.05) is 6.07 Å². The van der Waals surface area contributed by atoms with Crippen LogP contribution in [0.4, 0.5) is 5.69 Å². The van der Waals surface area contributed by atoms with Crippen LogP contribution in [0.15, 0.2) is 28.7 Å². The van der Waals surface area contributed by atoms with E-state index in [0.717, 1.165) is 27.3 Å². The Bertz CT molecular complexity index is 603. The molecule has 0 atom stereocenters. The van der Waals surface area contributed by atoms with E-state index in [-0.39, 0.29) is 0 Å². The van der Waals surface area contributed by atoms with Crippen molar-refractivity contribution in [2.75, 3.05) is 12.4 Å². The molecule has 1 N–H and O–H groups in total. The summed E-state index contributed by atoms with van der Waals surface area (Å²) in [5.74, 6) is 0.842. The maximum Gasteiger partial charge on any atom is 0.122 e. The van der Waals surface area contributed by atoms with E-state index in [2.05, 4.69) is 52.2 Å². The largest absolute Gasteiger partial charge is 0.497 e. The second-order valence-electron chi connectivity index (χ2n) is 4.93. The van der Waals surface area contributed by atoms with Gasteiger partial charge in [0.25, 0.3) is 0 Å². The summed E-state index contributed by atoms with van der Waals surface area (Å²) in [6, 6.07) is 8.16.